The zero-order valence-electron chi connectivity index (χ0n) is 13.9. The molecule has 0 bridgehead atoms. The quantitative estimate of drug-likeness (QED) is 0.659. The largest absolute Gasteiger partial charge is 0.334 e. The second kappa shape index (κ2) is 6.66. The molecule has 27 heavy (non-hydrogen) atoms. The summed E-state index contributed by atoms with van der Waals surface area (Å²) in [5, 5.41) is 4.02. The normalized spacial score (nSPS) is 20.8. The fourth-order valence-corrected chi connectivity index (χ4v) is 4.71. The average Bonchev–Trinajstić information content (AvgIpc) is 3.31. The molecular formula is C17H14ClFN4O3S. The standard InChI is InChI=1S/C17H14ClFN4O3S/c18-13-2-1-3-14(10-13)27(24,25)23-9-6-17(19,11-23)16-21-15(26-22-16)12-4-7-20-8-5-12/h1-5,7-8,10H,6,9,11H2. The lowest BCUT2D eigenvalue weighted by Crippen LogP contribution is -2.32. The predicted octanol–water partition coefficient (Wildman–Crippen LogP) is 3.04. The lowest BCUT2D eigenvalue weighted by Gasteiger charge is -2.18. The zero-order valence-corrected chi connectivity index (χ0v) is 15.5. The van der Waals surface area contributed by atoms with Crippen molar-refractivity contribution < 1.29 is 17.3 Å². The Hall–Kier alpha value is -2.36. The van der Waals surface area contributed by atoms with Gasteiger partial charge in [-0.25, -0.2) is 12.8 Å². The highest BCUT2D eigenvalue weighted by atomic mass is 35.5. The first-order chi connectivity index (χ1) is 12.9. The third kappa shape index (κ3) is 3.33. The minimum Gasteiger partial charge on any atom is -0.334 e. The molecule has 140 valence electrons. The van der Waals surface area contributed by atoms with Gasteiger partial charge in [0.05, 0.1) is 11.4 Å². The van der Waals surface area contributed by atoms with Gasteiger partial charge >= 0.3 is 0 Å². The number of halogens is 2. The highest BCUT2D eigenvalue weighted by Gasteiger charge is 2.48. The number of alkyl halides is 1. The molecule has 1 saturated heterocycles. The molecule has 7 nitrogen and oxygen atoms in total. The highest BCUT2D eigenvalue weighted by molar-refractivity contribution is 7.89. The molecule has 2 aromatic heterocycles. The van der Waals surface area contributed by atoms with E-state index in [9.17, 15) is 8.42 Å². The van der Waals surface area contributed by atoms with E-state index in [1.807, 2.05) is 0 Å². The second-order valence-electron chi connectivity index (χ2n) is 6.17. The Morgan fingerprint density at radius 3 is 2.74 bits per heavy atom. The van der Waals surface area contributed by atoms with Crippen molar-refractivity contribution in [1.82, 2.24) is 19.4 Å². The Morgan fingerprint density at radius 1 is 1.22 bits per heavy atom. The third-order valence-corrected chi connectivity index (χ3v) is 6.45. The SMILES string of the molecule is O=S(=O)(c1cccc(Cl)c1)N1CCC(F)(c2noc(-c3ccncc3)n2)C1. The number of benzene rings is 1. The molecule has 0 aliphatic carbocycles. The summed E-state index contributed by atoms with van der Waals surface area (Å²) in [4.78, 5) is 8.03. The van der Waals surface area contributed by atoms with E-state index in [1.165, 1.54) is 18.2 Å². The van der Waals surface area contributed by atoms with Gasteiger partial charge in [-0.2, -0.15) is 9.29 Å². The summed E-state index contributed by atoms with van der Waals surface area (Å²) >= 11 is 5.88. The van der Waals surface area contributed by atoms with Crippen molar-refractivity contribution >= 4 is 21.6 Å². The van der Waals surface area contributed by atoms with Crippen molar-refractivity contribution in [2.24, 2.45) is 0 Å². The smallest absolute Gasteiger partial charge is 0.258 e. The number of hydrogen-bond acceptors (Lipinski definition) is 6. The Morgan fingerprint density at radius 2 is 2.00 bits per heavy atom. The van der Waals surface area contributed by atoms with E-state index < -0.39 is 22.2 Å². The molecule has 0 N–H and O–H groups in total. The Kier molecular flexibility index (Phi) is 4.45. The maximum absolute atomic E-state index is 15.4. The molecule has 3 aromatic rings. The fourth-order valence-electron chi connectivity index (χ4n) is 2.92. The van der Waals surface area contributed by atoms with Crippen molar-refractivity contribution in [2.45, 2.75) is 17.0 Å². The molecule has 0 saturated carbocycles. The number of hydrogen-bond donors (Lipinski definition) is 0. The van der Waals surface area contributed by atoms with Crippen LogP contribution < -0.4 is 0 Å². The second-order valence-corrected chi connectivity index (χ2v) is 8.54. The molecule has 1 aromatic carbocycles. The Labute approximate surface area is 159 Å². The van der Waals surface area contributed by atoms with Gasteiger partial charge in [-0.05, 0) is 30.3 Å². The molecule has 4 rings (SSSR count). The third-order valence-electron chi connectivity index (χ3n) is 4.37. The monoisotopic (exact) mass is 408 g/mol. The van der Waals surface area contributed by atoms with Gasteiger partial charge in [-0.1, -0.05) is 22.8 Å². The van der Waals surface area contributed by atoms with E-state index in [0.717, 1.165) is 4.31 Å². The van der Waals surface area contributed by atoms with E-state index >= 15 is 4.39 Å². The van der Waals surface area contributed by atoms with Gasteiger partial charge in [0.1, 0.15) is 0 Å². The van der Waals surface area contributed by atoms with Crippen molar-refractivity contribution in [2.75, 3.05) is 13.1 Å². The van der Waals surface area contributed by atoms with Crippen LogP contribution in [0.1, 0.15) is 12.2 Å². The fraction of sp³-hybridized carbons (Fsp3) is 0.235. The van der Waals surface area contributed by atoms with Crippen LogP contribution >= 0.6 is 11.6 Å². The van der Waals surface area contributed by atoms with Gasteiger partial charge in [-0.3, -0.25) is 4.98 Å². The molecule has 10 heteroatoms. The van der Waals surface area contributed by atoms with E-state index in [4.69, 9.17) is 16.1 Å². The van der Waals surface area contributed by atoms with Crippen LogP contribution in [-0.4, -0.2) is 40.9 Å². The number of rotatable bonds is 4. The van der Waals surface area contributed by atoms with Gasteiger partial charge in [0, 0.05) is 35.9 Å². The summed E-state index contributed by atoms with van der Waals surface area (Å²) in [6, 6.07) is 9.19. The number of nitrogens with zero attached hydrogens (tertiary/aromatic N) is 4. The van der Waals surface area contributed by atoms with Crippen molar-refractivity contribution in [3.63, 3.8) is 0 Å². The molecule has 0 spiro atoms. The molecule has 1 atom stereocenters. The molecule has 0 amide bonds. The van der Waals surface area contributed by atoms with Gasteiger partial charge in [0.15, 0.2) is 5.67 Å². The van der Waals surface area contributed by atoms with Crippen LogP contribution in [0.3, 0.4) is 0 Å². The van der Waals surface area contributed by atoms with E-state index in [-0.39, 0.29) is 29.6 Å². The van der Waals surface area contributed by atoms with E-state index in [0.29, 0.717) is 10.6 Å². The molecule has 3 heterocycles. The van der Waals surface area contributed by atoms with Crippen molar-refractivity contribution in [1.29, 1.82) is 0 Å². The van der Waals surface area contributed by atoms with Gasteiger partial charge in [0.25, 0.3) is 5.89 Å². The van der Waals surface area contributed by atoms with E-state index in [1.54, 1.807) is 30.6 Å². The van der Waals surface area contributed by atoms with Crippen LogP contribution in [0.25, 0.3) is 11.5 Å². The van der Waals surface area contributed by atoms with E-state index in [2.05, 4.69) is 15.1 Å². The zero-order chi connectivity index (χ0) is 19.1. The maximum Gasteiger partial charge on any atom is 0.258 e. The summed E-state index contributed by atoms with van der Waals surface area (Å²) in [7, 11) is -3.87. The molecule has 1 unspecified atom stereocenters. The summed E-state index contributed by atoms with van der Waals surface area (Å²) in [6.45, 7) is -0.387. The molecule has 1 aliphatic rings. The number of aromatic nitrogens is 3. The number of pyridine rings is 1. The van der Waals surface area contributed by atoms with Crippen LogP contribution in [0.4, 0.5) is 4.39 Å². The predicted molar refractivity (Wildman–Crippen MR) is 95.1 cm³/mol. The summed E-state index contributed by atoms with van der Waals surface area (Å²) in [5.41, 5.74) is -1.42. The first-order valence-electron chi connectivity index (χ1n) is 8.08. The van der Waals surface area contributed by atoms with Gasteiger partial charge < -0.3 is 4.52 Å². The molecule has 1 fully saturated rings. The summed E-state index contributed by atoms with van der Waals surface area (Å²) < 4.78 is 47.1. The lowest BCUT2D eigenvalue weighted by atomic mass is 10.1. The minimum atomic E-state index is -3.87. The van der Waals surface area contributed by atoms with Crippen molar-refractivity contribution in [3.8, 4) is 11.5 Å². The summed E-state index contributed by atoms with van der Waals surface area (Å²) in [5.74, 6) is -0.0151. The van der Waals surface area contributed by atoms with Crippen LogP contribution in [0.2, 0.25) is 5.02 Å². The Bertz CT molecular complexity index is 1080. The highest BCUT2D eigenvalue weighted by Crippen LogP contribution is 2.37. The summed E-state index contributed by atoms with van der Waals surface area (Å²) in [6.07, 6.45) is 3.04. The maximum atomic E-state index is 15.4. The van der Waals surface area contributed by atoms with Crippen LogP contribution in [0.15, 0.2) is 58.2 Å². The topological polar surface area (TPSA) is 89.2 Å². The van der Waals surface area contributed by atoms with Gasteiger partial charge in [-0.15, -0.1) is 0 Å². The Balaban J connectivity index is 1.59. The van der Waals surface area contributed by atoms with Gasteiger partial charge in [0.2, 0.25) is 15.8 Å². The first-order valence-corrected chi connectivity index (χ1v) is 9.89. The number of sulfonamides is 1. The molecule has 1 aliphatic heterocycles. The van der Waals surface area contributed by atoms with Crippen LogP contribution in [0.5, 0.6) is 0 Å². The average molecular weight is 409 g/mol. The van der Waals surface area contributed by atoms with Crippen LogP contribution in [-0.2, 0) is 15.7 Å². The first kappa shape index (κ1) is 18.0. The van der Waals surface area contributed by atoms with Crippen LogP contribution in [0, 0.1) is 0 Å². The molecular weight excluding hydrogens is 395 g/mol. The molecule has 0 radical (unpaired) electrons. The lowest BCUT2D eigenvalue weighted by molar-refractivity contribution is 0.164. The minimum absolute atomic E-state index is 0.00444. The van der Waals surface area contributed by atoms with Crippen molar-refractivity contribution in [3.05, 3.63) is 59.6 Å².